The van der Waals surface area contributed by atoms with Crippen LogP contribution in [-0.2, 0) is 42.7 Å². The molecule has 0 aromatic heterocycles. The quantitative estimate of drug-likeness (QED) is 0.0627. The van der Waals surface area contributed by atoms with Gasteiger partial charge in [-0.05, 0) is 84.5 Å². The van der Waals surface area contributed by atoms with Gasteiger partial charge >= 0.3 is 0 Å². The molecule has 4 aliphatic heterocycles. The summed E-state index contributed by atoms with van der Waals surface area (Å²) in [7, 11) is 0. The van der Waals surface area contributed by atoms with Crippen molar-refractivity contribution in [3.63, 3.8) is 0 Å². The Morgan fingerprint density at radius 3 is 1.79 bits per heavy atom. The monoisotopic (exact) mass is 1050 g/mol. The molecule has 4 saturated heterocycles. The van der Waals surface area contributed by atoms with Crippen LogP contribution in [0.25, 0.3) is 0 Å². The fourth-order valence-electron chi connectivity index (χ4n) is 14.1. The summed E-state index contributed by atoms with van der Waals surface area (Å²) in [5.41, 5.74) is -0.0409. The van der Waals surface area contributed by atoms with Gasteiger partial charge in [0.1, 0.15) is 103 Å². The van der Waals surface area contributed by atoms with Crippen molar-refractivity contribution in [3.8, 4) is 0 Å². The molecule has 23 nitrogen and oxygen atoms in total. The van der Waals surface area contributed by atoms with Gasteiger partial charge in [0.25, 0.3) is 0 Å². The molecule has 3 saturated carbocycles. The Bertz CT molecular complexity index is 1860. The summed E-state index contributed by atoms with van der Waals surface area (Å²) in [6.45, 7) is 5.67. The van der Waals surface area contributed by atoms with E-state index in [9.17, 15) is 76.3 Å². The van der Waals surface area contributed by atoms with Gasteiger partial charge in [-0.1, -0.05) is 46.6 Å². The summed E-state index contributed by atoms with van der Waals surface area (Å²) in [6.07, 6.45) is -27.4. The molecule has 420 valence electrons. The topological polar surface area (TPSA) is 374 Å². The van der Waals surface area contributed by atoms with Gasteiger partial charge < -0.3 is 109 Å². The Hall–Kier alpha value is -1.47. The molecule has 0 aromatic rings. The summed E-state index contributed by atoms with van der Waals surface area (Å²) in [5, 5.41) is 151. The van der Waals surface area contributed by atoms with E-state index in [0.29, 0.717) is 25.2 Å². The molecule has 0 amide bonds. The number of ether oxygens (including phenoxy) is 8. The molecular weight excluding hydrogens is 969 g/mol. The average molecular weight is 1050 g/mol. The highest BCUT2D eigenvalue weighted by atomic mass is 16.8. The van der Waals surface area contributed by atoms with Crippen LogP contribution in [0, 0.1) is 46.3 Å². The zero-order valence-corrected chi connectivity index (χ0v) is 42.0. The fraction of sp³-hybridized carbons (Fsp3) is 0.940. The van der Waals surface area contributed by atoms with E-state index < -0.39 is 161 Å². The smallest absolute Gasteiger partial charge is 0.187 e. The first-order chi connectivity index (χ1) is 34.6. The van der Waals surface area contributed by atoms with Gasteiger partial charge in [0.15, 0.2) is 25.2 Å². The summed E-state index contributed by atoms with van der Waals surface area (Å²) < 4.78 is 47.2. The first-order valence-electron chi connectivity index (χ1n) is 26.3. The van der Waals surface area contributed by atoms with Crippen molar-refractivity contribution in [2.75, 3.05) is 33.0 Å². The molecule has 28 atom stereocenters. The number of carbonyl (C=O) groups is 1. The van der Waals surface area contributed by atoms with Crippen molar-refractivity contribution >= 4 is 5.78 Å². The third kappa shape index (κ3) is 10.9. The van der Waals surface area contributed by atoms with Crippen molar-refractivity contribution in [1.29, 1.82) is 0 Å². The van der Waals surface area contributed by atoms with E-state index in [0.717, 1.165) is 37.7 Å². The van der Waals surface area contributed by atoms with Gasteiger partial charge in [0.05, 0.1) is 32.5 Å². The van der Waals surface area contributed by atoms with Crippen LogP contribution in [0.3, 0.4) is 0 Å². The maximum absolute atomic E-state index is 14.1. The van der Waals surface area contributed by atoms with Crippen molar-refractivity contribution in [2.45, 2.75) is 214 Å². The number of aliphatic hydroxyl groups excluding tert-OH is 14. The molecule has 0 radical (unpaired) electrons. The Morgan fingerprint density at radius 1 is 0.644 bits per heavy atom. The van der Waals surface area contributed by atoms with Crippen molar-refractivity contribution in [3.05, 3.63) is 11.6 Å². The molecule has 8 aliphatic rings. The predicted molar refractivity (Wildman–Crippen MR) is 247 cm³/mol. The molecule has 0 unspecified atom stereocenters. The number of hydrogen-bond acceptors (Lipinski definition) is 23. The fourth-order valence-corrected chi connectivity index (χ4v) is 14.1. The average Bonchev–Trinajstić information content (AvgIpc) is 3.64. The molecule has 0 spiro atoms. The molecule has 14 N–H and O–H groups in total. The van der Waals surface area contributed by atoms with E-state index in [-0.39, 0.29) is 53.8 Å². The standard InChI is InChI=1S/C50H82O23/c1-20(2)6-5-7-21(15-51)25-14-26(55)32-22-8-9-24-33(57)28(11-13-49(24,3)23(22)10-12-50(25,32)4)67-48-41(65)44(43(31(18-54)70-48)72-47-39(63)37(61)35(59)30(17-53)69-47)73-45-40(64)42(27(56)19-66-45)71-46-38(62)36(60)34(58)29(16-52)68-46/h9,20-23,25,27-48,51-54,56-65H,5-8,10-19H2,1-4H3/t21-,22+,23-,25+,27+,28-,29+,30+,31+,32+,33+,34-,35-,36-,37-,38+,39+,40-,41+,42+,43+,44+,45-,46-,47-,48+,49+,50+/m0/s1. The van der Waals surface area contributed by atoms with Crippen LogP contribution >= 0.6 is 0 Å². The highest BCUT2D eigenvalue weighted by molar-refractivity contribution is 5.85. The van der Waals surface area contributed by atoms with Crippen LogP contribution in [0.5, 0.6) is 0 Å². The number of carbonyl (C=O) groups excluding carboxylic acids is 1. The van der Waals surface area contributed by atoms with Gasteiger partial charge in [-0.15, -0.1) is 0 Å². The molecule has 73 heavy (non-hydrogen) atoms. The number of ketones is 1. The maximum atomic E-state index is 14.1. The number of fused-ring (bicyclic) bond motifs is 5. The lowest BCUT2D eigenvalue weighted by molar-refractivity contribution is -0.392. The van der Waals surface area contributed by atoms with E-state index >= 15 is 0 Å². The second kappa shape index (κ2) is 23.5. The zero-order chi connectivity index (χ0) is 53.0. The van der Waals surface area contributed by atoms with Crippen molar-refractivity contribution < 1.29 is 114 Å². The predicted octanol–water partition coefficient (Wildman–Crippen LogP) is -3.55. The van der Waals surface area contributed by atoms with Crippen LogP contribution in [-0.4, -0.2) is 239 Å². The second-order valence-electron chi connectivity index (χ2n) is 23.0. The number of hydrogen-bond donors (Lipinski definition) is 14. The first kappa shape index (κ1) is 57.7. The minimum Gasteiger partial charge on any atom is -0.396 e. The van der Waals surface area contributed by atoms with Gasteiger partial charge in [0, 0.05) is 18.9 Å². The van der Waals surface area contributed by atoms with Crippen LogP contribution < -0.4 is 0 Å². The second-order valence-corrected chi connectivity index (χ2v) is 23.0. The maximum Gasteiger partial charge on any atom is 0.187 e. The van der Waals surface area contributed by atoms with Gasteiger partial charge in [-0.25, -0.2) is 0 Å². The summed E-state index contributed by atoms with van der Waals surface area (Å²) in [5.74, 6) is 0.847. The van der Waals surface area contributed by atoms with E-state index in [1.165, 1.54) is 0 Å². The number of Topliss-reactive ketones (excluding diaryl/α,β-unsaturated/α-hetero) is 1. The largest absolute Gasteiger partial charge is 0.396 e. The molecule has 8 rings (SSSR count). The molecular formula is C50H82O23. The van der Waals surface area contributed by atoms with Crippen LogP contribution in [0.15, 0.2) is 11.6 Å². The van der Waals surface area contributed by atoms with Gasteiger partial charge in [-0.2, -0.15) is 0 Å². The SMILES string of the molecule is CC(C)CCC[C@@H](CO)[C@H]1CC(=O)[C@H]2[C@@H]3CC=C4[C@@H](O)[C@@H](O[C@@H]5O[C@H](CO)[C@@H](O[C@@H]6O[C@H](CO)[C@H](O)[C@H](O)[C@H]6O)[C@H](O[C@@H]6OC[C@@H](O)[C@@H](O[C@@H]7O[C@H](CO)[C@H](O)[C@H](O)[C@H]7O)[C@@H]6O)[C@H]5O)CC[C@]4(C)[C@H]3CC[C@]12C. The highest BCUT2D eigenvalue weighted by Gasteiger charge is 2.64. The Morgan fingerprint density at radius 2 is 1.21 bits per heavy atom. The Kier molecular flexibility index (Phi) is 18.6. The molecule has 0 aromatic carbocycles. The molecule has 23 heteroatoms. The third-order valence-corrected chi connectivity index (χ3v) is 18.2. The lowest BCUT2D eigenvalue weighted by atomic mass is 9.46. The lowest BCUT2D eigenvalue weighted by Crippen LogP contribution is -2.67. The van der Waals surface area contributed by atoms with Crippen molar-refractivity contribution in [1.82, 2.24) is 0 Å². The summed E-state index contributed by atoms with van der Waals surface area (Å²) in [6, 6.07) is 0. The molecule has 7 fully saturated rings. The number of aliphatic hydroxyl groups is 14. The van der Waals surface area contributed by atoms with Gasteiger partial charge in [0.2, 0.25) is 0 Å². The van der Waals surface area contributed by atoms with Crippen molar-refractivity contribution in [2.24, 2.45) is 46.3 Å². The summed E-state index contributed by atoms with van der Waals surface area (Å²) in [4.78, 5) is 14.1. The van der Waals surface area contributed by atoms with E-state index in [1.54, 1.807) is 0 Å². The minimum absolute atomic E-state index is 0.0395. The van der Waals surface area contributed by atoms with Crippen LogP contribution in [0.4, 0.5) is 0 Å². The zero-order valence-electron chi connectivity index (χ0n) is 42.0. The minimum atomic E-state index is -2.00. The molecule has 4 aliphatic carbocycles. The van der Waals surface area contributed by atoms with Crippen LogP contribution in [0.2, 0.25) is 0 Å². The van der Waals surface area contributed by atoms with Gasteiger partial charge in [-0.3, -0.25) is 4.79 Å². The van der Waals surface area contributed by atoms with E-state index in [4.69, 9.17) is 37.9 Å². The first-order valence-corrected chi connectivity index (χ1v) is 26.3. The Balaban J connectivity index is 1.01. The highest BCUT2D eigenvalue weighted by Crippen LogP contribution is 2.66. The number of rotatable bonds is 17. The molecule has 0 bridgehead atoms. The summed E-state index contributed by atoms with van der Waals surface area (Å²) >= 11 is 0. The lowest BCUT2D eigenvalue weighted by Gasteiger charge is -2.59. The molecule has 4 heterocycles. The Labute approximate surface area is 424 Å². The normalized spacial score (nSPS) is 50.8. The van der Waals surface area contributed by atoms with E-state index in [1.807, 2.05) is 6.08 Å². The van der Waals surface area contributed by atoms with Crippen LogP contribution in [0.1, 0.15) is 85.5 Å². The number of allylic oxidation sites excluding steroid dienone is 1. The third-order valence-electron chi connectivity index (χ3n) is 18.2. The van der Waals surface area contributed by atoms with E-state index in [2.05, 4.69) is 27.7 Å².